The molecule has 3 atom stereocenters. The third-order valence-corrected chi connectivity index (χ3v) is 5.49. The Kier molecular flexibility index (Phi) is 4.84. The highest BCUT2D eigenvalue weighted by atomic mass is 16.5. The minimum Gasteiger partial charge on any atom is -0.489 e. The zero-order chi connectivity index (χ0) is 18.8. The fraction of sp³-hybridized carbons (Fsp3) is 0.364. The molecular weight excluding hydrogens is 342 g/mol. The van der Waals surface area contributed by atoms with E-state index in [4.69, 9.17) is 4.74 Å². The second kappa shape index (κ2) is 7.43. The van der Waals surface area contributed by atoms with Crippen LogP contribution in [0, 0.1) is 5.92 Å². The topological polar surface area (TPSA) is 66.8 Å². The molecule has 140 valence electrons. The van der Waals surface area contributed by atoms with Crippen molar-refractivity contribution >= 4 is 11.9 Å². The minimum absolute atomic E-state index is 0.00527. The van der Waals surface area contributed by atoms with Crippen molar-refractivity contribution in [2.24, 2.45) is 5.92 Å². The molecule has 3 unspecified atom stereocenters. The van der Waals surface area contributed by atoms with Gasteiger partial charge in [-0.05, 0) is 48.4 Å². The van der Waals surface area contributed by atoms with Gasteiger partial charge in [0.05, 0.1) is 0 Å². The molecule has 2 aromatic carbocycles. The zero-order valence-electron chi connectivity index (χ0n) is 15.1. The number of carboxylic acid groups (broad SMARTS) is 1. The van der Waals surface area contributed by atoms with Gasteiger partial charge in [-0.2, -0.15) is 0 Å². The highest BCUT2D eigenvalue weighted by Crippen LogP contribution is 2.49. The van der Waals surface area contributed by atoms with Crippen LogP contribution in [0.25, 0.3) is 0 Å². The summed E-state index contributed by atoms with van der Waals surface area (Å²) in [5.41, 5.74) is 2.24. The molecule has 1 saturated heterocycles. The van der Waals surface area contributed by atoms with E-state index in [-0.39, 0.29) is 17.7 Å². The van der Waals surface area contributed by atoms with Crippen molar-refractivity contribution in [2.45, 2.75) is 37.8 Å². The van der Waals surface area contributed by atoms with Crippen LogP contribution < -0.4 is 4.74 Å². The highest BCUT2D eigenvalue weighted by molar-refractivity contribution is 5.88. The minimum atomic E-state index is -0.891. The highest BCUT2D eigenvalue weighted by Gasteiger charge is 2.48. The van der Waals surface area contributed by atoms with Crippen molar-refractivity contribution in [3.8, 4) is 5.75 Å². The van der Waals surface area contributed by atoms with Crippen molar-refractivity contribution in [1.29, 1.82) is 0 Å². The first-order valence-corrected chi connectivity index (χ1v) is 9.43. The first kappa shape index (κ1) is 17.6. The van der Waals surface area contributed by atoms with Crippen LogP contribution in [-0.2, 0) is 16.2 Å². The van der Waals surface area contributed by atoms with Gasteiger partial charge >= 0.3 is 5.97 Å². The summed E-state index contributed by atoms with van der Waals surface area (Å²) < 4.78 is 5.80. The number of rotatable bonds is 6. The van der Waals surface area contributed by atoms with E-state index in [1.807, 2.05) is 54.6 Å². The first-order chi connectivity index (χ1) is 13.1. The molecule has 1 heterocycles. The van der Waals surface area contributed by atoms with Crippen LogP contribution in [0.4, 0.5) is 0 Å². The Morgan fingerprint density at radius 1 is 1.07 bits per heavy atom. The average molecular weight is 365 g/mol. The molecule has 1 aliphatic carbocycles. The molecule has 5 heteroatoms. The fourth-order valence-corrected chi connectivity index (χ4v) is 3.89. The number of ether oxygens (including phenoxy) is 1. The van der Waals surface area contributed by atoms with Gasteiger partial charge in [-0.15, -0.1) is 0 Å². The molecule has 0 radical (unpaired) electrons. The van der Waals surface area contributed by atoms with Crippen molar-refractivity contribution in [3.63, 3.8) is 0 Å². The maximum atomic E-state index is 12.7. The first-order valence-electron chi connectivity index (χ1n) is 9.43. The fourth-order valence-electron chi connectivity index (χ4n) is 3.89. The zero-order valence-corrected chi connectivity index (χ0v) is 15.1. The van der Waals surface area contributed by atoms with Crippen LogP contribution in [-0.4, -0.2) is 34.5 Å². The van der Waals surface area contributed by atoms with Gasteiger partial charge in [0, 0.05) is 12.5 Å². The Morgan fingerprint density at radius 3 is 2.52 bits per heavy atom. The third kappa shape index (κ3) is 3.82. The number of carbonyl (C=O) groups is 2. The van der Waals surface area contributed by atoms with Gasteiger partial charge in [0.25, 0.3) is 0 Å². The molecule has 5 nitrogen and oxygen atoms in total. The number of carboxylic acids is 1. The monoisotopic (exact) mass is 365 g/mol. The molecule has 0 spiro atoms. The Hall–Kier alpha value is -2.82. The Balaban J connectivity index is 1.34. The SMILES string of the molecule is O=C(O)C1CCCN1C(=O)C1CC1c1ccc(OCc2ccccc2)cc1. The van der Waals surface area contributed by atoms with Gasteiger partial charge in [0.2, 0.25) is 5.91 Å². The van der Waals surface area contributed by atoms with E-state index < -0.39 is 12.0 Å². The predicted molar refractivity (Wildman–Crippen MR) is 100 cm³/mol. The summed E-state index contributed by atoms with van der Waals surface area (Å²) in [6.07, 6.45) is 2.13. The van der Waals surface area contributed by atoms with E-state index in [0.717, 1.165) is 29.7 Å². The van der Waals surface area contributed by atoms with E-state index in [1.165, 1.54) is 0 Å². The molecule has 27 heavy (non-hydrogen) atoms. The number of carbonyl (C=O) groups excluding carboxylic acids is 1. The van der Waals surface area contributed by atoms with E-state index in [2.05, 4.69) is 0 Å². The van der Waals surface area contributed by atoms with Gasteiger partial charge in [0.1, 0.15) is 18.4 Å². The molecule has 2 fully saturated rings. The Bertz CT molecular complexity index is 818. The van der Waals surface area contributed by atoms with Crippen molar-refractivity contribution in [1.82, 2.24) is 4.90 Å². The second-order valence-electron chi connectivity index (χ2n) is 7.32. The Labute approximate surface area is 158 Å². The molecule has 1 aliphatic heterocycles. The van der Waals surface area contributed by atoms with Crippen LogP contribution in [0.1, 0.15) is 36.3 Å². The van der Waals surface area contributed by atoms with Gasteiger partial charge in [-0.25, -0.2) is 4.79 Å². The number of aliphatic carboxylic acids is 1. The van der Waals surface area contributed by atoms with Crippen molar-refractivity contribution in [3.05, 3.63) is 65.7 Å². The van der Waals surface area contributed by atoms with Crippen LogP contribution in [0.3, 0.4) is 0 Å². The van der Waals surface area contributed by atoms with Crippen LogP contribution >= 0.6 is 0 Å². The summed E-state index contributed by atoms with van der Waals surface area (Å²) in [4.78, 5) is 25.5. The molecule has 0 bridgehead atoms. The standard InChI is InChI=1S/C22H23NO4/c24-21(23-12-4-7-20(23)22(25)26)19-13-18(19)16-8-10-17(11-9-16)27-14-15-5-2-1-3-6-15/h1-3,5-6,8-11,18-20H,4,7,12-14H2,(H,25,26). The molecular formula is C22H23NO4. The van der Waals surface area contributed by atoms with E-state index in [1.54, 1.807) is 4.90 Å². The number of hydrogen-bond donors (Lipinski definition) is 1. The summed E-state index contributed by atoms with van der Waals surface area (Å²) in [7, 11) is 0. The number of likely N-dealkylation sites (tertiary alicyclic amines) is 1. The molecule has 1 saturated carbocycles. The van der Waals surface area contributed by atoms with Crippen molar-refractivity contribution < 1.29 is 19.4 Å². The normalized spacial score (nSPS) is 23.9. The quantitative estimate of drug-likeness (QED) is 0.851. The summed E-state index contributed by atoms with van der Waals surface area (Å²) in [5, 5.41) is 9.27. The lowest BCUT2D eigenvalue weighted by Gasteiger charge is -2.21. The number of amides is 1. The molecule has 2 aromatic rings. The van der Waals surface area contributed by atoms with Crippen LogP contribution in [0.5, 0.6) is 5.75 Å². The number of benzene rings is 2. The summed E-state index contributed by atoms with van der Waals surface area (Å²) in [6.45, 7) is 1.08. The maximum absolute atomic E-state index is 12.7. The molecule has 2 aliphatic rings. The number of nitrogens with zero attached hydrogens (tertiary/aromatic N) is 1. The largest absolute Gasteiger partial charge is 0.489 e. The van der Waals surface area contributed by atoms with Crippen LogP contribution in [0.2, 0.25) is 0 Å². The van der Waals surface area contributed by atoms with Gasteiger partial charge < -0.3 is 14.7 Å². The molecule has 1 amide bonds. The smallest absolute Gasteiger partial charge is 0.326 e. The third-order valence-electron chi connectivity index (χ3n) is 5.49. The maximum Gasteiger partial charge on any atom is 0.326 e. The van der Waals surface area contributed by atoms with E-state index in [9.17, 15) is 14.7 Å². The summed E-state index contributed by atoms with van der Waals surface area (Å²) >= 11 is 0. The van der Waals surface area contributed by atoms with Crippen LogP contribution in [0.15, 0.2) is 54.6 Å². The molecule has 0 aromatic heterocycles. The lowest BCUT2D eigenvalue weighted by atomic mass is 10.1. The van der Waals surface area contributed by atoms with Gasteiger partial charge in [0.15, 0.2) is 0 Å². The van der Waals surface area contributed by atoms with Gasteiger partial charge in [-0.1, -0.05) is 42.5 Å². The van der Waals surface area contributed by atoms with Gasteiger partial charge in [-0.3, -0.25) is 4.79 Å². The average Bonchev–Trinajstić information content (AvgIpc) is 3.33. The molecule has 1 N–H and O–H groups in total. The Morgan fingerprint density at radius 2 is 1.81 bits per heavy atom. The number of hydrogen-bond acceptors (Lipinski definition) is 3. The van der Waals surface area contributed by atoms with E-state index >= 15 is 0 Å². The van der Waals surface area contributed by atoms with E-state index in [0.29, 0.717) is 19.6 Å². The lowest BCUT2D eigenvalue weighted by molar-refractivity contribution is -0.148. The second-order valence-corrected chi connectivity index (χ2v) is 7.32. The predicted octanol–water partition coefficient (Wildman–Crippen LogP) is 3.44. The summed E-state index contributed by atoms with van der Waals surface area (Å²) in [6, 6.07) is 17.3. The van der Waals surface area contributed by atoms with Crippen molar-refractivity contribution in [2.75, 3.05) is 6.54 Å². The lowest BCUT2D eigenvalue weighted by Crippen LogP contribution is -2.41. The summed E-state index contributed by atoms with van der Waals surface area (Å²) in [5.74, 6) is 0.0145. The molecule has 4 rings (SSSR count).